The van der Waals surface area contributed by atoms with Crippen molar-refractivity contribution in [2.45, 2.75) is 49.9 Å². The normalized spacial score (nSPS) is 19.8. The summed E-state index contributed by atoms with van der Waals surface area (Å²) in [5, 5.41) is 17.9. The number of rotatable bonds is 12. The van der Waals surface area contributed by atoms with E-state index >= 15 is 0 Å². The maximum absolute atomic E-state index is 12.8. The molecule has 0 spiro atoms. The van der Waals surface area contributed by atoms with E-state index in [4.69, 9.17) is 37.4 Å². The first-order chi connectivity index (χ1) is 24.8. The van der Waals surface area contributed by atoms with E-state index in [1.54, 1.807) is 33.8 Å². The highest BCUT2D eigenvalue weighted by Crippen LogP contribution is 2.41. The summed E-state index contributed by atoms with van der Waals surface area (Å²) in [4.78, 5) is 17.6. The zero-order valence-electron chi connectivity index (χ0n) is 28.6. The molecule has 1 unspecified atom stereocenters. The van der Waals surface area contributed by atoms with Crippen molar-refractivity contribution in [1.29, 1.82) is 0 Å². The van der Waals surface area contributed by atoms with Crippen LogP contribution in [0, 0.1) is 0 Å². The van der Waals surface area contributed by atoms with E-state index in [1.165, 1.54) is 16.4 Å². The minimum absolute atomic E-state index is 0.0617. The average Bonchev–Trinajstić information content (AvgIpc) is 3.89. The van der Waals surface area contributed by atoms with Crippen LogP contribution in [0.15, 0.2) is 83.0 Å². The van der Waals surface area contributed by atoms with Crippen LogP contribution in [0.5, 0.6) is 5.75 Å². The number of anilines is 2. The topological polar surface area (TPSA) is 118 Å². The molecule has 7 rings (SSSR count). The molecule has 2 fully saturated rings. The van der Waals surface area contributed by atoms with Crippen molar-refractivity contribution < 1.29 is 14.2 Å². The molecule has 2 aliphatic rings. The van der Waals surface area contributed by atoms with E-state index in [9.17, 15) is 4.79 Å². The number of tetrazole rings is 1. The predicted octanol–water partition coefficient (Wildman–Crippen LogP) is 5.69. The first-order valence-electron chi connectivity index (χ1n) is 16.8. The van der Waals surface area contributed by atoms with Gasteiger partial charge in [0, 0.05) is 48.1 Å². The number of aromatic nitrogens is 7. The summed E-state index contributed by atoms with van der Waals surface area (Å²) >= 11 is 14.3. The Bertz CT molecular complexity index is 2000. The molecule has 268 valence electrons. The lowest BCUT2D eigenvalue weighted by Gasteiger charge is -2.37. The lowest BCUT2D eigenvalue weighted by molar-refractivity contribution is -0.192. The van der Waals surface area contributed by atoms with Crippen molar-refractivity contribution in [3.63, 3.8) is 0 Å². The second kappa shape index (κ2) is 15.3. The molecule has 3 atom stereocenters. The van der Waals surface area contributed by atoms with Crippen molar-refractivity contribution in [2.24, 2.45) is 0 Å². The summed E-state index contributed by atoms with van der Waals surface area (Å²) in [6.45, 7) is 8.34. The number of nitrogens with zero attached hydrogens (tertiary/aromatic N) is 9. The minimum Gasteiger partial charge on any atom is -0.491 e. The summed E-state index contributed by atoms with van der Waals surface area (Å²) in [6.07, 6.45) is 3.98. The Balaban J connectivity index is 0.936. The molecule has 0 saturated carbocycles. The van der Waals surface area contributed by atoms with Gasteiger partial charge in [0.25, 0.3) is 0 Å². The number of hydrogen-bond acceptors (Lipinski definition) is 11. The molecule has 4 heterocycles. The zero-order chi connectivity index (χ0) is 35.5. The molecule has 0 radical (unpaired) electrons. The van der Waals surface area contributed by atoms with Crippen LogP contribution in [0.4, 0.5) is 11.4 Å². The smallest absolute Gasteiger partial charge is 0.350 e. The molecule has 51 heavy (non-hydrogen) atoms. The van der Waals surface area contributed by atoms with Gasteiger partial charge in [-0.1, -0.05) is 48.0 Å². The molecule has 0 aliphatic carbocycles. The molecular formula is C35H39Cl2N9O4S. The molecule has 2 aliphatic heterocycles. The van der Waals surface area contributed by atoms with Crippen molar-refractivity contribution >= 4 is 46.3 Å². The fourth-order valence-corrected chi connectivity index (χ4v) is 7.33. The Morgan fingerprint density at radius 1 is 0.980 bits per heavy atom. The van der Waals surface area contributed by atoms with Crippen molar-refractivity contribution in [3.05, 3.63) is 99.2 Å². The number of hydrogen-bond donors (Lipinski definition) is 0. The van der Waals surface area contributed by atoms with Crippen LogP contribution in [-0.2, 0) is 21.8 Å². The summed E-state index contributed by atoms with van der Waals surface area (Å²) in [7, 11) is 0. The number of thioether (sulfide) groups is 1. The van der Waals surface area contributed by atoms with Crippen molar-refractivity contribution in [3.8, 4) is 11.4 Å². The predicted molar refractivity (Wildman–Crippen MR) is 198 cm³/mol. The quantitative estimate of drug-likeness (QED) is 0.146. The molecule has 0 N–H and O–H groups in total. The second-order valence-electron chi connectivity index (χ2n) is 12.5. The molecular weight excluding hydrogens is 713 g/mol. The number of halogens is 2. The van der Waals surface area contributed by atoms with Crippen LogP contribution >= 0.6 is 35.0 Å². The van der Waals surface area contributed by atoms with Gasteiger partial charge >= 0.3 is 5.69 Å². The van der Waals surface area contributed by atoms with Crippen LogP contribution < -0.4 is 20.2 Å². The van der Waals surface area contributed by atoms with Crippen molar-refractivity contribution in [1.82, 2.24) is 34.6 Å². The van der Waals surface area contributed by atoms with Gasteiger partial charge in [-0.25, -0.2) is 18.7 Å². The molecule has 0 amide bonds. The molecule has 16 heteroatoms. The van der Waals surface area contributed by atoms with Crippen LogP contribution in [0.2, 0.25) is 10.0 Å². The highest BCUT2D eigenvalue weighted by atomic mass is 35.5. The molecule has 2 saturated heterocycles. The first kappa shape index (κ1) is 35.3. The van der Waals surface area contributed by atoms with Gasteiger partial charge in [-0.3, -0.25) is 0 Å². The third-order valence-electron chi connectivity index (χ3n) is 9.35. The fourth-order valence-electron chi connectivity index (χ4n) is 6.35. The highest BCUT2D eigenvalue weighted by Gasteiger charge is 2.46. The van der Waals surface area contributed by atoms with E-state index in [0.717, 1.165) is 55.4 Å². The van der Waals surface area contributed by atoms with Gasteiger partial charge < -0.3 is 24.0 Å². The highest BCUT2D eigenvalue weighted by molar-refractivity contribution is 7.98. The monoisotopic (exact) mass is 751 g/mol. The lowest BCUT2D eigenvalue weighted by atomic mass is 10.1. The summed E-state index contributed by atoms with van der Waals surface area (Å²) < 4.78 is 23.8. The Morgan fingerprint density at radius 3 is 2.29 bits per heavy atom. The largest absolute Gasteiger partial charge is 0.491 e. The Labute approximate surface area is 310 Å². The van der Waals surface area contributed by atoms with Crippen LogP contribution in [0.25, 0.3) is 5.69 Å². The average molecular weight is 753 g/mol. The number of piperazine rings is 1. The molecule has 5 aromatic rings. The van der Waals surface area contributed by atoms with Crippen molar-refractivity contribution in [2.75, 3.05) is 55.4 Å². The van der Waals surface area contributed by atoms with E-state index < -0.39 is 5.79 Å². The van der Waals surface area contributed by atoms with Gasteiger partial charge in [0.2, 0.25) is 10.9 Å². The van der Waals surface area contributed by atoms with Gasteiger partial charge in [-0.05, 0) is 90.7 Å². The first-order valence-corrected chi connectivity index (χ1v) is 18.8. The zero-order valence-corrected chi connectivity index (χ0v) is 30.9. The van der Waals surface area contributed by atoms with E-state index in [2.05, 4.69) is 54.7 Å². The SMILES string of the molecule is CCC(C)n1ncn(-c2ccc(N3CCN(c4ccc(OC[C@@H]5CO[C@@](Cn6nnnc6SC)(c6ccc(Cl)cc6Cl)O5)cc4)CC3)cc2)c1=O. The summed E-state index contributed by atoms with van der Waals surface area (Å²) in [6, 6.07) is 21.5. The molecule has 0 bridgehead atoms. The molecule has 3 aromatic carbocycles. The number of ether oxygens (including phenoxy) is 3. The van der Waals surface area contributed by atoms with Gasteiger partial charge in [0.05, 0.1) is 23.4 Å². The fraction of sp³-hybridized carbons (Fsp3) is 0.400. The van der Waals surface area contributed by atoms with Crippen LogP contribution in [0.1, 0.15) is 31.9 Å². The van der Waals surface area contributed by atoms with Gasteiger partial charge in [0.15, 0.2) is 0 Å². The van der Waals surface area contributed by atoms with Gasteiger partial charge in [0.1, 0.15) is 31.3 Å². The van der Waals surface area contributed by atoms with E-state index in [-0.39, 0.29) is 31.0 Å². The van der Waals surface area contributed by atoms with Gasteiger partial charge in [-0.2, -0.15) is 5.10 Å². The third kappa shape index (κ3) is 7.47. The summed E-state index contributed by atoms with van der Waals surface area (Å²) in [5.41, 5.74) is 3.60. The van der Waals surface area contributed by atoms with Gasteiger partial charge in [-0.15, -0.1) is 5.10 Å². The summed E-state index contributed by atoms with van der Waals surface area (Å²) in [5.74, 6) is -0.484. The maximum Gasteiger partial charge on any atom is 0.350 e. The van der Waals surface area contributed by atoms with E-state index in [0.29, 0.717) is 27.4 Å². The van der Waals surface area contributed by atoms with Crippen LogP contribution in [0.3, 0.4) is 0 Å². The van der Waals surface area contributed by atoms with E-state index in [1.807, 2.05) is 44.4 Å². The number of benzene rings is 3. The Hall–Kier alpha value is -4.08. The van der Waals surface area contributed by atoms with Crippen LogP contribution in [-0.4, -0.2) is 86.3 Å². The third-order valence-corrected chi connectivity index (χ3v) is 10.6. The lowest BCUT2D eigenvalue weighted by Crippen LogP contribution is -2.46. The minimum atomic E-state index is -1.22. The molecule has 2 aromatic heterocycles. The second-order valence-corrected chi connectivity index (χ2v) is 14.1. The maximum atomic E-state index is 12.8. The Morgan fingerprint density at radius 2 is 1.65 bits per heavy atom. The standard InChI is InChI=1S/C35H39Cl2N9O4S/c1-4-24(2)46-34(47)44(23-38-46)28-8-6-26(7-9-28)42-15-17-43(18-16-42)27-10-12-29(13-11-27)48-20-30-21-49-35(50-30,22-45-33(51-3)39-40-41-45)31-14-5-25(36)19-32(31)37/h5-14,19,23-24,30H,4,15-18,20-22H2,1-3H3/t24?,30-,35-/m1/s1. The molecule has 13 nitrogen and oxygen atoms in total. The Kier molecular flexibility index (Phi) is 10.6.